The zero-order valence-electron chi connectivity index (χ0n) is 10.4. The minimum absolute atomic E-state index is 0.00616. The molecule has 0 aromatic rings. The number of aliphatic carboxylic acids is 1. The lowest BCUT2D eigenvalue weighted by Gasteiger charge is -2.35. The van der Waals surface area contributed by atoms with Crippen LogP contribution in [0.1, 0.15) is 25.7 Å². The van der Waals surface area contributed by atoms with Crippen molar-refractivity contribution < 1.29 is 19.4 Å². The van der Waals surface area contributed by atoms with Crippen molar-refractivity contribution in [1.29, 1.82) is 0 Å². The lowest BCUT2D eigenvalue weighted by Crippen LogP contribution is -2.50. The molecule has 0 radical (unpaired) electrons. The molecule has 5 nitrogen and oxygen atoms in total. The highest BCUT2D eigenvalue weighted by atomic mass is 16.5. The number of carboxylic acids is 1. The molecule has 3 fully saturated rings. The number of carbonyl (C=O) groups excluding carboxylic acids is 1. The van der Waals surface area contributed by atoms with Crippen molar-refractivity contribution >= 4 is 11.9 Å². The predicted molar refractivity (Wildman–Crippen MR) is 62.9 cm³/mol. The molecule has 3 aliphatic rings. The Morgan fingerprint density at radius 2 is 2.00 bits per heavy atom. The highest BCUT2D eigenvalue weighted by Crippen LogP contribution is 2.58. The van der Waals surface area contributed by atoms with Crippen LogP contribution in [0.25, 0.3) is 0 Å². The van der Waals surface area contributed by atoms with Crippen LogP contribution in [0.5, 0.6) is 0 Å². The van der Waals surface area contributed by atoms with E-state index < -0.39 is 5.97 Å². The Hall–Kier alpha value is -1.10. The van der Waals surface area contributed by atoms with Crippen LogP contribution in [0.15, 0.2) is 0 Å². The van der Waals surface area contributed by atoms with Gasteiger partial charge in [-0.1, -0.05) is 6.42 Å². The number of fused-ring (bicyclic) bond motifs is 1. The SMILES string of the molecule is O=C(O)CC1COCCN1C(=O)C1C2CCCC21. The second-order valence-corrected chi connectivity index (χ2v) is 5.64. The first-order valence-corrected chi connectivity index (χ1v) is 6.78. The van der Waals surface area contributed by atoms with E-state index in [1.807, 2.05) is 0 Å². The third kappa shape index (κ3) is 2.00. The summed E-state index contributed by atoms with van der Waals surface area (Å²) in [6.45, 7) is 1.44. The van der Waals surface area contributed by atoms with Gasteiger partial charge in [-0.3, -0.25) is 9.59 Å². The van der Waals surface area contributed by atoms with Crippen LogP contribution in [-0.4, -0.2) is 47.7 Å². The molecule has 1 N–H and O–H groups in total. The molecule has 1 aliphatic heterocycles. The molecule has 0 bridgehead atoms. The summed E-state index contributed by atoms with van der Waals surface area (Å²) in [4.78, 5) is 25.0. The fourth-order valence-electron chi connectivity index (χ4n) is 3.69. The highest BCUT2D eigenvalue weighted by molar-refractivity contribution is 5.83. The average molecular weight is 253 g/mol. The molecule has 3 rings (SSSR count). The Morgan fingerprint density at radius 3 is 2.67 bits per heavy atom. The quantitative estimate of drug-likeness (QED) is 0.805. The summed E-state index contributed by atoms with van der Waals surface area (Å²) in [6, 6.07) is -0.273. The maximum Gasteiger partial charge on any atom is 0.305 e. The van der Waals surface area contributed by atoms with E-state index in [9.17, 15) is 9.59 Å². The number of nitrogens with zero attached hydrogens (tertiary/aromatic N) is 1. The zero-order chi connectivity index (χ0) is 12.7. The number of hydrogen-bond acceptors (Lipinski definition) is 3. The Labute approximate surface area is 106 Å². The summed E-state index contributed by atoms with van der Waals surface area (Å²) >= 11 is 0. The monoisotopic (exact) mass is 253 g/mol. The van der Waals surface area contributed by atoms with Gasteiger partial charge in [0.05, 0.1) is 25.7 Å². The summed E-state index contributed by atoms with van der Waals surface area (Å²) in [6.07, 6.45) is 3.60. The Morgan fingerprint density at radius 1 is 1.28 bits per heavy atom. The number of carboxylic acid groups (broad SMARTS) is 1. The summed E-state index contributed by atoms with van der Waals surface area (Å²) < 4.78 is 5.30. The summed E-state index contributed by atoms with van der Waals surface area (Å²) in [5.74, 6) is 0.684. The van der Waals surface area contributed by atoms with Gasteiger partial charge >= 0.3 is 5.97 Å². The molecule has 1 amide bonds. The van der Waals surface area contributed by atoms with E-state index in [-0.39, 0.29) is 24.3 Å². The summed E-state index contributed by atoms with van der Waals surface area (Å²) in [7, 11) is 0. The fourth-order valence-corrected chi connectivity index (χ4v) is 3.69. The Bertz CT molecular complexity index is 360. The second-order valence-electron chi connectivity index (χ2n) is 5.64. The molecule has 1 saturated heterocycles. The third-order valence-corrected chi connectivity index (χ3v) is 4.61. The lowest BCUT2D eigenvalue weighted by atomic mass is 10.1. The normalized spacial score (nSPS) is 38.3. The van der Waals surface area contributed by atoms with Crippen molar-refractivity contribution in [3.63, 3.8) is 0 Å². The zero-order valence-corrected chi connectivity index (χ0v) is 10.4. The third-order valence-electron chi connectivity index (χ3n) is 4.61. The van der Waals surface area contributed by atoms with Crippen molar-refractivity contribution in [1.82, 2.24) is 4.90 Å². The van der Waals surface area contributed by atoms with Crippen molar-refractivity contribution in [2.75, 3.05) is 19.8 Å². The maximum atomic E-state index is 12.4. The Kier molecular flexibility index (Phi) is 3.01. The maximum absolute atomic E-state index is 12.4. The molecular weight excluding hydrogens is 234 g/mol. The largest absolute Gasteiger partial charge is 0.481 e. The minimum atomic E-state index is -0.862. The Balaban J connectivity index is 1.65. The molecule has 2 aliphatic carbocycles. The van der Waals surface area contributed by atoms with E-state index in [1.54, 1.807) is 4.90 Å². The molecule has 100 valence electrons. The first-order chi connectivity index (χ1) is 8.68. The van der Waals surface area contributed by atoms with E-state index in [1.165, 1.54) is 19.3 Å². The van der Waals surface area contributed by atoms with Crippen LogP contribution in [0.3, 0.4) is 0 Å². The van der Waals surface area contributed by atoms with Gasteiger partial charge in [-0.15, -0.1) is 0 Å². The van der Waals surface area contributed by atoms with E-state index >= 15 is 0 Å². The molecule has 0 aromatic heterocycles. The predicted octanol–water partition coefficient (Wildman–Crippen LogP) is 0.735. The van der Waals surface area contributed by atoms with E-state index in [0.717, 1.165) is 0 Å². The fraction of sp³-hybridized carbons (Fsp3) is 0.846. The van der Waals surface area contributed by atoms with Crippen LogP contribution >= 0.6 is 0 Å². The molecule has 0 aromatic carbocycles. The number of ether oxygens (including phenoxy) is 1. The second kappa shape index (κ2) is 4.53. The molecule has 3 atom stereocenters. The number of carbonyl (C=O) groups is 2. The molecule has 2 saturated carbocycles. The van der Waals surface area contributed by atoms with E-state index in [4.69, 9.17) is 9.84 Å². The molecule has 18 heavy (non-hydrogen) atoms. The van der Waals surface area contributed by atoms with Crippen molar-refractivity contribution in [2.45, 2.75) is 31.7 Å². The van der Waals surface area contributed by atoms with Gasteiger partial charge in [0, 0.05) is 12.5 Å². The van der Waals surface area contributed by atoms with Crippen LogP contribution < -0.4 is 0 Å². The van der Waals surface area contributed by atoms with Gasteiger partial charge in [-0.25, -0.2) is 0 Å². The van der Waals surface area contributed by atoms with Gasteiger partial charge in [0.15, 0.2) is 0 Å². The number of amides is 1. The molecule has 1 heterocycles. The van der Waals surface area contributed by atoms with Gasteiger partial charge < -0.3 is 14.7 Å². The highest BCUT2D eigenvalue weighted by Gasteiger charge is 2.58. The minimum Gasteiger partial charge on any atom is -0.481 e. The summed E-state index contributed by atoms with van der Waals surface area (Å²) in [5, 5.41) is 8.89. The van der Waals surface area contributed by atoms with Crippen molar-refractivity contribution in [3.8, 4) is 0 Å². The molecule has 0 spiro atoms. The number of rotatable bonds is 3. The van der Waals surface area contributed by atoms with Crippen LogP contribution in [0, 0.1) is 17.8 Å². The van der Waals surface area contributed by atoms with Gasteiger partial charge in [0.25, 0.3) is 0 Å². The number of morpholine rings is 1. The topological polar surface area (TPSA) is 66.8 Å². The van der Waals surface area contributed by atoms with Crippen LogP contribution in [0.4, 0.5) is 0 Å². The van der Waals surface area contributed by atoms with Crippen LogP contribution in [-0.2, 0) is 14.3 Å². The first kappa shape index (κ1) is 12.0. The van der Waals surface area contributed by atoms with Crippen LogP contribution in [0.2, 0.25) is 0 Å². The first-order valence-electron chi connectivity index (χ1n) is 6.78. The van der Waals surface area contributed by atoms with E-state index in [2.05, 4.69) is 0 Å². The smallest absolute Gasteiger partial charge is 0.305 e. The molecule has 5 heteroatoms. The van der Waals surface area contributed by atoms with E-state index in [0.29, 0.717) is 31.6 Å². The average Bonchev–Trinajstić information content (AvgIpc) is 2.81. The molecule has 3 unspecified atom stereocenters. The number of hydrogen-bond donors (Lipinski definition) is 1. The van der Waals surface area contributed by atoms with Crippen molar-refractivity contribution in [3.05, 3.63) is 0 Å². The standard InChI is InChI=1S/C13H19NO4/c15-11(16)6-8-7-18-5-4-14(8)13(17)12-9-2-1-3-10(9)12/h8-10,12H,1-7H2,(H,15,16). The van der Waals surface area contributed by atoms with Gasteiger partial charge in [-0.2, -0.15) is 0 Å². The summed E-state index contributed by atoms with van der Waals surface area (Å²) in [5.41, 5.74) is 0. The molecular formula is C13H19NO4. The van der Waals surface area contributed by atoms with Gasteiger partial charge in [-0.05, 0) is 24.7 Å². The lowest BCUT2D eigenvalue weighted by molar-refractivity contribution is -0.147. The van der Waals surface area contributed by atoms with Gasteiger partial charge in [0.1, 0.15) is 0 Å². The van der Waals surface area contributed by atoms with Gasteiger partial charge in [0.2, 0.25) is 5.91 Å². The van der Waals surface area contributed by atoms with Crippen molar-refractivity contribution in [2.24, 2.45) is 17.8 Å².